The highest BCUT2D eigenvalue weighted by Gasteiger charge is 2.49. The number of nitrogens with one attached hydrogen (secondary N) is 1. The van der Waals surface area contributed by atoms with Gasteiger partial charge in [0.05, 0.1) is 5.41 Å². The summed E-state index contributed by atoms with van der Waals surface area (Å²) in [6.07, 6.45) is 11.5. The van der Waals surface area contributed by atoms with Gasteiger partial charge in [0.15, 0.2) is 0 Å². The summed E-state index contributed by atoms with van der Waals surface area (Å²) < 4.78 is 0. The summed E-state index contributed by atoms with van der Waals surface area (Å²) in [5.74, 6) is 1.36. The highest BCUT2D eigenvalue weighted by molar-refractivity contribution is 5.87. The summed E-state index contributed by atoms with van der Waals surface area (Å²) in [5, 5.41) is 3.15. The van der Waals surface area contributed by atoms with Crippen molar-refractivity contribution in [1.82, 2.24) is 15.2 Å². The van der Waals surface area contributed by atoms with Gasteiger partial charge in [-0.05, 0) is 80.2 Å². The first-order chi connectivity index (χ1) is 15.9. The first-order valence-corrected chi connectivity index (χ1v) is 12.2. The van der Waals surface area contributed by atoms with E-state index in [2.05, 4.69) is 46.7 Å². The van der Waals surface area contributed by atoms with Crippen molar-refractivity contribution < 1.29 is 9.59 Å². The third kappa shape index (κ3) is 4.33. The van der Waals surface area contributed by atoms with Crippen LogP contribution in [0.2, 0.25) is 0 Å². The van der Waals surface area contributed by atoms with Gasteiger partial charge in [-0.15, -0.1) is 0 Å². The second-order valence-electron chi connectivity index (χ2n) is 10.4. The molecule has 2 aromatic rings. The highest BCUT2D eigenvalue weighted by Crippen LogP contribution is 2.45. The third-order valence-electron chi connectivity index (χ3n) is 7.65. The molecule has 0 unspecified atom stereocenters. The average molecular weight is 444 g/mol. The van der Waals surface area contributed by atoms with E-state index in [0.29, 0.717) is 37.8 Å². The molecule has 2 heterocycles. The van der Waals surface area contributed by atoms with Crippen molar-refractivity contribution in [2.45, 2.75) is 45.6 Å². The molecular weight excluding hydrogens is 410 g/mol. The number of hydrogen-bond acceptors (Lipinski definition) is 3. The maximum absolute atomic E-state index is 13.5. The Morgan fingerprint density at radius 2 is 1.94 bits per heavy atom. The Balaban J connectivity index is 1.38. The van der Waals surface area contributed by atoms with Gasteiger partial charge in [0, 0.05) is 37.4 Å². The van der Waals surface area contributed by atoms with Crippen LogP contribution in [0.4, 0.5) is 0 Å². The molecule has 1 aromatic carbocycles. The molecule has 2 aliphatic carbocycles. The first kappa shape index (κ1) is 21.9. The number of aromatic nitrogens is 1. The van der Waals surface area contributed by atoms with Crippen LogP contribution in [-0.4, -0.2) is 40.8 Å². The molecule has 3 aliphatic rings. The van der Waals surface area contributed by atoms with Gasteiger partial charge in [0.25, 0.3) is 0 Å². The fraction of sp³-hybridized carbons (Fsp3) is 0.464. The Hall–Kier alpha value is -2.95. The van der Waals surface area contributed by atoms with Crippen molar-refractivity contribution >= 4 is 11.8 Å². The number of rotatable bonds is 6. The molecule has 0 radical (unpaired) electrons. The zero-order valence-electron chi connectivity index (χ0n) is 19.5. The molecule has 5 heteroatoms. The second-order valence-corrected chi connectivity index (χ2v) is 10.4. The molecule has 172 valence electrons. The zero-order chi connectivity index (χ0) is 23.0. The van der Waals surface area contributed by atoms with Gasteiger partial charge in [-0.3, -0.25) is 14.6 Å². The summed E-state index contributed by atoms with van der Waals surface area (Å²) in [6.45, 7) is 5.15. The number of fused-ring (bicyclic) bond motifs is 2. The fourth-order valence-electron chi connectivity index (χ4n) is 5.98. The fourth-order valence-corrected chi connectivity index (χ4v) is 5.98. The van der Waals surface area contributed by atoms with Crippen LogP contribution in [0.15, 0.2) is 60.9 Å². The third-order valence-corrected chi connectivity index (χ3v) is 7.65. The van der Waals surface area contributed by atoms with Crippen LogP contribution in [0.5, 0.6) is 0 Å². The van der Waals surface area contributed by atoms with Crippen molar-refractivity contribution in [2.24, 2.45) is 23.2 Å². The molecule has 1 saturated carbocycles. The second kappa shape index (κ2) is 8.77. The Morgan fingerprint density at radius 3 is 2.64 bits per heavy atom. The van der Waals surface area contributed by atoms with Crippen molar-refractivity contribution in [3.05, 3.63) is 66.5 Å². The quantitative estimate of drug-likeness (QED) is 0.679. The van der Waals surface area contributed by atoms with E-state index in [1.165, 1.54) is 0 Å². The largest absolute Gasteiger partial charge is 0.353 e. The van der Waals surface area contributed by atoms with Crippen LogP contribution < -0.4 is 5.32 Å². The van der Waals surface area contributed by atoms with E-state index in [9.17, 15) is 9.59 Å². The normalized spacial score (nSPS) is 28.0. The summed E-state index contributed by atoms with van der Waals surface area (Å²) in [4.78, 5) is 33.0. The van der Waals surface area contributed by atoms with Crippen molar-refractivity contribution in [3.8, 4) is 11.1 Å². The van der Waals surface area contributed by atoms with E-state index in [0.717, 1.165) is 29.5 Å². The average Bonchev–Trinajstić information content (AvgIpc) is 3.56. The number of amides is 2. The van der Waals surface area contributed by atoms with Crippen LogP contribution in [0, 0.1) is 23.2 Å². The van der Waals surface area contributed by atoms with Gasteiger partial charge in [-0.2, -0.15) is 0 Å². The van der Waals surface area contributed by atoms with Crippen LogP contribution >= 0.6 is 0 Å². The lowest BCUT2D eigenvalue weighted by molar-refractivity contribution is -0.137. The number of carbonyl (C=O) groups is 2. The molecule has 0 spiro atoms. The number of hydrogen-bond donors (Lipinski definition) is 1. The van der Waals surface area contributed by atoms with Crippen LogP contribution in [0.1, 0.15) is 38.7 Å². The van der Waals surface area contributed by atoms with E-state index in [1.54, 1.807) is 12.4 Å². The lowest BCUT2D eigenvalue weighted by Gasteiger charge is -2.31. The maximum Gasteiger partial charge on any atom is 0.228 e. The Kier molecular flexibility index (Phi) is 5.81. The van der Waals surface area contributed by atoms with Gasteiger partial charge in [0.2, 0.25) is 11.8 Å². The van der Waals surface area contributed by atoms with Gasteiger partial charge in [-0.25, -0.2) is 0 Å². The first-order valence-electron chi connectivity index (χ1n) is 12.2. The van der Waals surface area contributed by atoms with E-state index in [-0.39, 0.29) is 23.8 Å². The topological polar surface area (TPSA) is 62.3 Å². The minimum atomic E-state index is -0.593. The molecular formula is C28H33N3O2. The number of pyridine rings is 1. The number of carbonyl (C=O) groups excluding carboxylic acids is 2. The molecule has 5 rings (SSSR count). The van der Waals surface area contributed by atoms with E-state index < -0.39 is 5.41 Å². The predicted molar refractivity (Wildman–Crippen MR) is 129 cm³/mol. The smallest absolute Gasteiger partial charge is 0.228 e. The number of likely N-dealkylation sites (tertiary alicyclic amines) is 1. The van der Waals surface area contributed by atoms with Gasteiger partial charge >= 0.3 is 0 Å². The SMILES string of the molecule is CC(C)NC(=O)[C@@]1(Cc2cccc(-c3ccncc3)c2)CCN(C(=O)[C@@H]2C[C@@H]3C=C[C@H]2C3)C1. The number of allylic oxidation sites excluding steroid dienone is 2. The molecule has 33 heavy (non-hydrogen) atoms. The zero-order valence-corrected chi connectivity index (χ0v) is 19.5. The minimum Gasteiger partial charge on any atom is -0.353 e. The minimum absolute atomic E-state index is 0.0648. The molecule has 1 saturated heterocycles. The van der Waals surface area contributed by atoms with Gasteiger partial charge in [0.1, 0.15) is 0 Å². The Bertz CT molecular complexity index is 1060. The van der Waals surface area contributed by atoms with Gasteiger partial charge in [-0.1, -0.05) is 36.4 Å². The molecule has 2 fully saturated rings. The lowest BCUT2D eigenvalue weighted by atomic mass is 9.79. The van der Waals surface area contributed by atoms with E-state index in [1.807, 2.05) is 30.9 Å². The Morgan fingerprint density at radius 1 is 1.12 bits per heavy atom. The molecule has 5 nitrogen and oxygen atoms in total. The van der Waals surface area contributed by atoms with Crippen LogP contribution in [0.3, 0.4) is 0 Å². The van der Waals surface area contributed by atoms with Crippen molar-refractivity contribution in [1.29, 1.82) is 0 Å². The summed E-state index contributed by atoms with van der Waals surface area (Å²) >= 11 is 0. The standard InChI is InChI=1S/C28H33N3O2/c1-19(2)30-27(33)28(17-21-4-3-5-23(15-21)22-8-11-29-12-9-22)10-13-31(18-28)26(32)25-16-20-6-7-24(25)14-20/h3-9,11-12,15,19-20,24-25H,10,13-14,16-18H2,1-2H3,(H,30,33)/t20-,24+,25-,28-/m1/s1. The van der Waals surface area contributed by atoms with Crippen molar-refractivity contribution in [3.63, 3.8) is 0 Å². The van der Waals surface area contributed by atoms with Crippen molar-refractivity contribution in [2.75, 3.05) is 13.1 Å². The Labute approximate surface area is 196 Å². The summed E-state index contributed by atoms with van der Waals surface area (Å²) in [7, 11) is 0. The van der Waals surface area contributed by atoms with Crippen LogP contribution in [0.25, 0.3) is 11.1 Å². The molecule has 2 amide bonds. The number of nitrogens with zero attached hydrogens (tertiary/aromatic N) is 2. The number of benzene rings is 1. The molecule has 1 aliphatic heterocycles. The molecule has 1 aromatic heterocycles. The maximum atomic E-state index is 13.5. The molecule has 2 bridgehead atoms. The molecule has 1 N–H and O–H groups in total. The monoisotopic (exact) mass is 443 g/mol. The summed E-state index contributed by atoms with van der Waals surface area (Å²) in [6, 6.07) is 12.5. The van der Waals surface area contributed by atoms with E-state index in [4.69, 9.17) is 0 Å². The van der Waals surface area contributed by atoms with E-state index >= 15 is 0 Å². The molecule has 4 atom stereocenters. The van der Waals surface area contributed by atoms with Gasteiger partial charge < -0.3 is 10.2 Å². The van der Waals surface area contributed by atoms with Crippen LogP contribution in [-0.2, 0) is 16.0 Å². The summed E-state index contributed by atoms with van der Waals surface area (Å²) in [5.41, 5.74) is 2.76. The predicted octanol–water partition coefficient (Wildman–Crippen LogP) is 4.25. The lowest BCUT2D eigenvalue weighted by Crippen LogP contribution is -2.48. The highest BCUT2D eigenvalue weighted by atomic mass is 16.2.